The van der Waals surface area contributed by atoms with Crippen LogP contribution in [-0.4, -0.2) is 41.4 Å². The molecule has 7 heteroatoms. The third-order valence-corrected chi connectivity index (χ3v) is 5.78. The van der Waals surface area contributed by atoms with Crippen molar-refractivity contribution < 1.29 is 19.4 Å². The summed E-state index contributed by atoms with van der Waals surface area (Å²) in [7, 11) is 0. The molecule has 1 saturated heterocycles. The van der Waals surface area contributed by atoms with Crippen LogP contribution in [0.1, 0.15) is 54.1 Å². The maximum Gasteiger partial charge on any atom is 0.263 e. The third-order valence-electron chi connectivity index (χ3n) is 4.76. The van der Waals surface area contributed by atoms with Gasteiger partial charge in [-0.1, -0.05) is 13.8 Å². The SMILES string of the molecule is CC1(C)CCC[C@]1(O)CNC(=O)c1cnc(C2OCCO2)s1. The summed E-state index contributed by atoms with van der Waals surface area (Å²) < 4.78 is 10.7. The lowest BCUT2D eigenvalue weighted by atomic mass is 9.78. The molecule has 0 spiro atoms. The van der Waals surface area contributed by atoms with Gasteiger partial charge in [-0.15, -0.1) is 11.3 Å². The lowest BCUT2D eigenvalue weighted by molar-refractivity contribution is -0.0442. The number of ether oxygens (including phenoxy) is 2. The summed E-state index contributed by atoms with van der Waals surface area (Å²) in [6.45, 7) is 5.46. The van der Waals surface area contributed by atoms with Gasteiger partial charge in [0.1, 0.15) is 9.88 Å². The molecule has 2 fully saturated rings. The summed E-state index contributed by atoms with van der Waals surface area (Å²) in [6.07, 6.45) is 3.76. The minimum absolute atomic E-state index is 0.176. The van der Waals surface area contributed by atoms with E-state index in [1.54, 1.807) is 0 Å². The average molecular weight is 326 g/mol. The number of amides is 1. The van der Waals surface area contributed by atoms with Crippen molar-refractivity contribution in [3.8, 4) is 0 Å². The molecule has 1 aliphatic carbocycles. The highest BCUT2D eigenvalue weighted by Gasteiger charge is 2.47. The minimum Gasteiger partial charge on any atom is -0.387 e. The lowest BCUT2D eigenvalue weighted by Crippen LogP contribution is -2.49. The first-order valence-electron chi connectivity index (χ1n) is 7.61. The van der Waals surface area contributed by atoms with Crippen LogP contribution in [0.4, 0.5) is 0 Å². The molecule has 3 rings (SSSR count). The average Bonchev–Trinajstić information content (AvgIpc) is 3.17. The molecule has 1 saturated carbocycles. The minimum atomic E-state index is -0.839. The van der Waals surface area contributed by atoms with E-state index in [1.807, 2.05) is 13.8 Å². The van der Waals surface area contributed by atoms with Crippen molar-refractivity contribution in [1.29, 1.82) is 0 Å². The van der Waals surface area contributed by atoms with Crippen LogP contribution in [0.25, 0.3) is 0 Å². The Bertz CT molecular complexity index is 553. The van der Waals surface area contributed by atoms with Crippen LogP contribution in [0.2, 0.25) is 0 Å². The molecular weight excluding hydrogens is 304 g/mol. The maximum absolute atomic E-state index is 12.2. The molecule has 2 aliphatic rings. The van der Waals surface area contributed by atoms with E-state index in [9.17, 15) is 9.90 Å². The predicted octanol–water partition coefficient (Wildman–Crippen LogP) is 1.86. The molecule has 2 N–H and O–H groups in total. The molecule has 0 bridgehead atoms. The van der Waals surface area contributed by atoms with Gasteiger partial charge in [0.2, 0.25) is 6.29 Å². The van der Waals surface area contributed by atoms with Crippen molar-refractivity contribution in [2.24, 2.45) is 5.41 Å². The first-order chi connectivity index (χ1) is 10.4. The van der Waals surface area contributed by atoms with E-state index in [4.69, 9.17) is 9.47 Å². The van der Waals surface area contributed by atoms with Crippen molar-refractivity contribution in [2.75, 3.05) is 19.8 Å². The Morgan fingerprint density at radius 1 is 1.45 bits per heavy atom. The first-order valence-corrected chi connectivity index (χ1v) is 8.42. The second kappa shape index (κ2) is 5.88. The Balaban J connectivity index is 1.60. The highest BCUT2D eigenvalue weighted by Crippen LogP contribution is 2.45. The summed E-state index contributed by atoms with van der Waals surface area (Å²) in [4.78, 5) is 16.9. The van der Waals surface area contributed by atoms with Gasteiger partial charge < -0.3 is 19.9 Å². The maximum atomic E-state index is 12.2. The van der Waals surface area contributed by atoms with Crippen LogP contribution >= 0.6 is 11.3 Å². The molecule has 6 nitrogen and oxygen atoms in total. The van der Waals surface area contributed by atoms with Crippen LogP contribution in [0.3, 0.4) is 0 Å². The number of carbonyl (C=O) groups is 1. The van der Waals surface area contributed by atoms with Gasteiger partial charge in [-0.05, 0) is 24.7 Å². The number of nitrogens with one attached hydrogen (secondary N) is 1. The van der Waals surface area contributed by atoms with E-state index in [-0.39, 0.29) is 17.9 Å². The standard InChI is InChI=1S/C15H22N2O4S/c1-14(2)4-3-5-15(14,19)9-17-11(18)10-8-16-12(22-10)13-20-6-7-21-13/h8,13,19H,3-7,9H2,1-2H3,(H,17,18)/t15-/m0/s1. The number of carbonyl (C=O) groups excluding carboxylic acids is 1. The smallest absolute Gasteiger partial charge is 0.263 e. The van der Waals surface area contributed by atoms with E-state index in [0.717, 1.165) is 19.3 Å². The fourth-order valence-electron chi connectivity index (χ4n) is 3.04. The number of nitrogens with zero attached hydrogens (tertiary/aromatic N) is 1. The molecule has 0 aromatic carbocycles. The lowest BCUT2D eigenvalue weighted by Gasteiger charge is -2.36. The van der Waals surface area contributed by atoms with Crippen molar-refractivity contribution in [3.63, 3.8) is 0 Å². The van der Waals surface area contributed by atoms with E-state index >= 15 is 0 Å². The van der Waals surface area contributed by atoms with Crippen LogP contribution in [0.15, 0.2) is 6.20 Å². The van der Waals surface area contributed by atoms with Gasteiger partial charge in [-0.2, -0.15) is 0 Å². The number of aromatic nitrogens is 1. The zero-order chi connectivity index (χ0) is 15.8. The van der Waals surface area contributed by atoms with E-state index in [1.165, 1.54) is 17.5 Å². The zero-order valence-corrected chi connectivity index (χ0v) is 13.7. The molecule has 1 atom stereocenters. The molecule has 2 heterocycles. The topological polar surface area (TPSA) is 80.7 Å². The fraction of sp³-hybridized carbons (Fsp3) is 0.733. The van der Waals surface area contributed by atoms with Crippen molar-refractivity contribution in [2.45, 2.75) is 45.0 Å². The molecule has 22 heavy (non-hydrogen) atoms. The van der Waals surface area contributed by atoms with Gasteiger partial charge in [0, 0.05) is 6.54 Å². The largest absolute Gasteiger partial charge is 0.387 e. The van der Waals surface area contributed by atoms with Crippen molar-refractivity contribution in [3.05, 3.63) is 16.1 Å². The second-order valence-corrected chi connectivity index (χ2v) is 7.65. The van der Waals surface area contributed by atoms with Crippen molar-refractivity contribution >= 4 is 17.2 Å². The second-order valence-electron chi connectivity index (χ2n) is 6.59. The van der Waals surface area contributed by atoms with Crippen LogP contribution in [0, 0.1) is 5.41 Å². The van der Waals surface area contributed by atoms with Gasteiger partial charge in [-0.25, -0.2) is 4.98 Å². The predicted molar refractivity (Wildman–Crippen MR) is 81.7 cm³/mol. The van der Waals surface area contributed by atoms with Gasteiger partial charge in [-0.3, -0.25) is 4.79 Å². The Morgan fingerprint density at radius 3 is 2.82 bits per heavy atom. The highest BCUT2D eigenvalue weighted by molar-refractivity contribution is 7.13. The van der Waals surface area contributed by atoms with E-state index < -0.39 is 11.9 Å². The van der Waals surface area contributed by atoms with Crippen LogP contribution < -0.4 is 5.32 Å². The summed E-state index contributed by atoms with van der Waals surface area (Å²) >= 11 is 1.26. The molecule has 0 unspecified atom stereocenters. The van der Waals surface area contributed by atoms with Crippen molar-refractivity contribution in [1.82, 2.24) is 10.3 Å². The number of rotatable bonds is 4. The number of thiazole rings is 1. The van der Waals surface area contributed by atoms with Gasteiger partial charge in [0.05, 0.1) is 25.0 Å². The molecular formula is C15H22N2O4S. The van der Waals surface area contributed by atoms with Crippen LogP contribution in [-0.2, 0) is 9.47 Å². The number of hydrogen-bond donors (Lipinski definition) is 2. The monoisotopic (exact) mass is 326 g/mol. The van der Waals surface area contributed by atoms with Gasteiger partial charge >= 0.3 is 0 Å². The summed E-state index contributed by atoms with van der Waals surface area (Å²) in [5.74, 6) is -0.210. The van der Waals surface area contributed by atoms with E-state index in [2.05, 4.69) is 10.3 Å². The third kappa shape index (κ3) is 2.90. The quantitative estimate of drug-likeness (QED) is 0.883. The Kier molecular flexibility index (Phi) is 4.24. The molecule has 1 aromatic rings. The Labute approximate surface area is 133 Å². The summed E-state index contributed by atoms with van der Waals surface area (Å²) in [5, 5.41) is 14.2. The van der Waals surface area contributed by atoms with Gasteiger partial charge in [0.15, 0.2) is 0 Å². The first kappa shape index (κ1) is 15.9. The molecule has 0 radical (unpaired) electrons. The molecule has 122 valence electrons. The normalized spacial score (nSPS) is 28.1. The fourth-order valence-corrected chi connectivity index (χ4v) is 3.87. The molecule has 1 aliphatic heterocycles. The Hall–Kier alpha value is -1.02. The van der Waals surface area contributed by atoms with Gasteiger partial charge in [0.25, 0.3) is 5.91 Å². The molecule has 1 amide bonds. The van der Waals surface area contributed by atoms with Crippen LogP contribution in [0.5, 0.6) is 0 Å². The van der Waals surface area contributed by atoms with E-state index in [0.29, 0.717) is 23.1 Å². The zero-order valence-electron chi connectivity index (χ0n) is 12.9. The summed E-state index contributed by atoms with van der Waals surface area (Å²) in [5.41, 5.74) is -1.02. The number of hydrogen-bond acceptors (Lipinski definition) is 6. The summed E-state index contributed by atoms with van der Waals surface area (Å²) in [6, 6.07) is 0. The number of aliphatic hydroxyl groups is 1. The molecule has 1 aromatic heterocycles. The Morgan fingerprint density at radius 2 is 2.18 bits per heavy atom. The highest BCUT2D eigenvalue weighted by atomic mass is 32.1.